The monoisotopic (exact) mass is 522 g/mol. The summed E-state index contributed by atoms with van der Waals surface area (Å²) >= 11 is 0. The number of nitrogens with zero attached hydrogens (tertiary/aromatic N) is 6. The van der Waals surface area contributed by atoms with Gasteiger partial charge in [0.05, 0.1) is 16.8 Å². The number of benzene rings is 1. The Kier molecular flexibility index (Phi) is 9.34. The number of unbranched alkanes of at least 4 members (excludes halogenated alkanes) is 1. The Morgan fingerprint density at radius 1 is 1.00 bits per heavy atom. The van der Waals surface area contributed by atoms with Gasteiger partial charge in [0, 0.05) is 38.0 Å². The Morgan fingerprint density at radius 3 is 2.45 bits per heavy atom. The number of hydrogen-bond donors (Lipinski definition) is 0. The number of anilines is 1. The van der Waals surface area contributed by atoms with Gasteiger partial charge in [-0.25, -0.2) is 19.0 Å². The minimum absolute atomic E-state index is 0.116. The third-order valence-corrected chi connectivity index (χ3v) is 7.79. The zero-order valence-corrected chi connectivity index (χ0v) is 23.7. The average Bonchev–Trinajstić information content (AvgIpc) is 3.08. The molecule has 4 rings (SSSR count). The molecule has 3 heterocycles. The third kappa shape index (κ3) is 6.00. The van der Waals surface area contributed by atoms with Crippen LogP contribution in [0.4, 0.5) is 10.2 Å². The van der Waals surface area contributed by atoms with Crippen LogP contribution in [0, 0.1) is 18.7 Å². The van der Waals surface area contributed by atoms with Crippen LogP contribution < -0.4 is 4.90 Å². The van der Waals surface area contributed by atoms with Crippen molar-refractivity contribution in [2.45, 2.75) is 85.5 Å². The number of amides is 1. The van der Waals surface area contributed by atoms with Gasteiger partial charge in [0.25, 0.3) is 0 Å². The molecule has 0 bridgehead atoms. The smallest absolute Gasteiger partial charge is 0.225 e. The van der Waals surface area contributed by atoms with E-state index in [1.807, 2.05) is 11.6 Å². The van der Waals surface area contributed by atoms with Crippen LogP contribution in [0.5, 0.6) is 0 Å². The quantitative estimate of drug-likeness (QED) is 0.307. The van der Waals surface area contributed by atoms with Crippen LogP contribution in [0.25, 0.3) is 16.7 Å². The predicted octanol–water partition coefficient (Wildman–Crippen LogP) is 6.42. The standard InChI is InChI=1S/C30H43FN6O/c1-6-9-12-23(8-3)30(38)36-18-10-17-35(19-20-36)28-26-22(5)34-37(25-15-13-24(31)14-16-25)29(26)33-27(32-28)21(4)11-7-2/h13-16,21,23H,6-12,17-20H2,1-5H3/t21-,23+/m0/s1. The minimum atomic E-state index is -0.279. The van der Waals surface area contributed by atoms with E-state index in [0.29, 0.717) is 12.5 Å². The highest BCUT2D eigenvalue weighted by atomic mass is 19.1. The third-order valence-electron chi connectivity index (χ3n) is 7.79. The highest BCUT2D eigenvalue weighted by Gasteiger charge is 2.28. The van der Waals surface area contributed by atoms with Gasteiger partial charge < -0.3 is 9.80 Å². The molecule has 2 atom stereocenters. The highest BCUT2D eigenvalue weighted by Crippen LogP contribution is 2.32. The summed E-state index contributed by atoms with van der Waals surface area (Å²) in [6.45, 7) is 13.7. The summed E-state index contributed by atoms with van der Waals surface area (Å²) in [5.41, 5.74) is 2.37. The topological polar surface area (TPSA) is 67.2 Å². The second-order valence-electron chi connectivity index (χ2n) is 10.7. The minimum Gasteiger partial charge on any atom is -0.354 e. The average molecular weight is 523 g/mol. The highest BCUT2D eigenvalue weighted by molar-refractivity contribution is 5.91. The summed E-state index contributed by atoms with van der Waals surface area (Å²) in [6, 6.07) is 6.36. The number of halogens is 1. The van der Waals surface area contributed by atoms with E-state index in [1.165, 1.54) is 12.1 Å². The molecule has 38 heavy (non-hydrogen) atoms. The first kappa shape index (κ1) is 28.0. The van der Waals surface area contributed by atoms with E-state index in [1.54, 1.807) is 12.1 Å². The molecule has 0 saturated carbocycles. The van der Waals surface area contributed by atoms with Gasteiger partial charge in [-0.05, 0) is 56.9 Å². The molecule has 2 aromatic heterocycles. The van der Waals surface area contributed by atoms with E-state index < -0.39 is 0 Å². The molecule has 0 radical (unpaired) electrons. The van der Waals surface area contributed by atoms with E-state index in [2.05, 4.69) is 37.5 Å². The van der Waals surface area contributed by atoms with E-state index >= 15 is 0 Å². The Balaban J connectivity index is 1.70. The van der Waals surface area contributed by atoms with Gasteiger partial charge in [0.2, 0.25) is 5.91 Å². The van der Waals surface area contributed by atoms with Gasteiger partial charge in [-0.3, -0.25) is 4.79 Å². The maximum Gasteiger partial charge on any atom is 0.225 e. The molecule has 1 amide bonds. The van der Waals surface area contributed by atoms with E-state index in [-0.39, 0.29) is 17.7 Å². The largest absolute Gasteiger partial charge is 0.354 e. The summed E-state index contributed by atoms with van der Waals surface area (Å²) in [5.74, 6) is 2.04. The molecule has 206 valence electrons. The Hall–Kier alpha value is -3.03. The molecule has 1 aliphatic heterocycles. The van der Waals surface area contributed by atoms with Crippen molar-refractivity contribution in [3.8, 4) is 5.69 Å². The second kappa shape index (κ2) is 12.7. The zero-order chi connectivity index (χ0) is 27.2. The summed E-state index contributed by atoms with van der Waals surface area (Å²) < 4.78 is 15.5. The van der Waals surface area contributed by atoms with Crippen molar-refractivity contribution in [2.24, 2.45) is 5.92 Å². The fraction of sp³-hybridized carbons (Fsp3) is 0.600. The van der Waals surface area contributed by atoms with Gasteiger partial charge in [-0.15, -0.1) is 0 Å². The maximum atomic E-state index is 13.7. The van der Waals surface area contributed by atoms with E-state index in [4.69, 9.17) is 15.1 Å². The van der Waals surface area contributed by atoms with Gasteiger partial charge in [0.15, 0.2) is 5.65 Å². The Bertz CT molecular complexity index is 1220. The SMILES string of the molecule is CCCC[C@@H](CC)C(=O)N1CCCN(c2nc([C@@H](C)CCC)nc3c2c(C)nn3-c2ccc(F)cc2)CC1. The molecule has 0 aliphatic carbocycles. The molecule has 1 saturated heterocycles. The lowest BCUT2D eigenvalue weighted by molar-refractivity contribution is -0.135. The molecular formula is C30H43FN6O. The zero-order valence-electron chi connectivity index (χ0n) is 23.7. The summed E-state index contributed by atoms with van der Waals surface area (Å²) in [6.07, 6.45) is 7.01. The maximum absolute atomic E-state index is 13.7. The molecule has 3 aromatic rings. The molecule has 8 heteroatoms. The fourth-order valence-corrected chi connectivity index (χ4v) is 5.51. The summed E-state index contributed by atoms with van der Waals surface area (Å²) in [4.78, 5) is 27.9. The second-order valence-corrected chi connectivity index (χ2v) is 10.7. The molecule has 0 N–H and O–H groups in total. The fourth-order valence-electron chi connectivity index (χ4n) is 5.51. The molecule has 1 fully saturated rings. The summed E-state index contributed by atoms with van der Waals surface area (Å²) in [5, 5.41) is 5.75. The van der Waals surface area contributed by atoms with Crippen LogP contribution in [-0.4, -0.2) is 56.7 Å². The molecular weight excluding hydrogens is 479 g/mol. The van der Waals surface area contributed by atoms with Gasteiger partial charge >= 0.3 is 0 Å². The van der Waals surface area contributed by atoms with Crippen molar-refractivity contribution in [2.75, 3.05) is 31.1 Å². The van der Waals surface area contributed by atoms with Gasteiger partial charge in [-0.2, -0.15) is 5.10 Å². The molecule has 1 aliphatic rings. The lowest BCUT2D eigenvalue weighted by Crippen LogP contribution is -2.39. The van der Waals surface area contributed by atoms with Crippen molar-refractivity contribution in [1.82, 2.24) is 24.6 Å². The van der Waals surface area contributed by atoms with Gasteiger partial charge in [-0.1, -0.05) is 47.0 Å². The lowest BCUT2D eigenvalue weighted by Gasteiger charge is -2.26. The number of rotatable bonds is 10. The van der Waals surface area contributed by atoms with Crippen LogP contribution >= 0.6 is 0 Å². The number of fused-ring (bicyclic) bond motifs is 1. The normalized spacial score (nSPS) is 16.1. The predicted molar refractivity (Wildman–Crippen MR) is 151 cm³/mol. The van der Waals surface area contributed by atoms with Crippen molar-refractivity contribution in [3.63, 3.8) is 0 Å². The first-order chi connectivity index (χ1) is 18.4. The van der Waals surface area contributed by atoms with Crippen LogP contribution in [0.2, 0.25) is 0 Å². The van der Waals surface area contributed by atoms with E-state index in [0.717, 1.165) is 98.6 Å². The Morgan fingerprint density at radius 2 is 1.76 bits per heavy atom. The van der Waals surface area contributed by atoms with Gasteiger partial charge in [0.1, 0.15) is 17.5 Å². The van der Waals surface area contributed by atoms with Crippen molar-refractivity contribution in [3.05, 3.63) is 41.6 Å². The van der Waals surface area contributed by atoms with E-state index in [9.17, 15) is 9.18 Å². The van der Waals surface area contributed by atoms with Crippen molar-refractivity contribution < 1.29 is 9.18 Å². The lowest BCUT2D eigenvalue weighted by atomic mass is 9.97. The van der Waals surface area contributed by atoms with Crippen LogP contribution in [0.15, 0.2) is 24.3 Å². The number of aryl methyl sites for hydroxylation is 1. The number of carbonyl (C=O) groups excluding carboxylic acids is 1. The first-order valence-corrected chi connectivity index (χ1v) is 14.4. The molecule has 0 spiro atoms. The Labute approximate surface area is 226 Å². The number of aromatic nitrogens is 4. The first-order valence-electron chi connectivity index (χ1n) is 14.4. The van der Waals surface area contributed by atoms with Crippen LogP contribution in [0.3, 0.4) is 0 Å². The molecule has 1 aromatic carbocycles. The van der Waals surface area contributed by atoms with Crippen LogP contribution in [-0.2, 0) is 4.79 Å². The van der Waals surface area contributed by atoms with Crippen LogP contribution in [0.1, 0.15) is 90.1 Å². The molecule has 7 nitrogen and oxygen atoms in total. The number of hydrogen-bond acceptors (Lipinski definition) is 5. The summed E-state index contributed by atoms with van der Waals surface area (Å²) in [7, 11) is 0. The van der Waals surface area contributed by atoms with Crippen molar-refractivity contribution >= 4 is 22.8 Å². The number of carbonyl (C=O) groups is 1. The molecule has 0 unspecified atom stereocenters. The van der Waals surface area contributed by atoms with Crippen molar-refractivity contribution in [1.29, 1.82) is 0 Å².